The van der Waals surface area contributed by atoms with Crippen molar-refractivity contribution in [2.45, 2.75) is 26.5 Å². The van der Waals surface area contributed by atoms with Gasteiger partial charge in [-0.15, -0.1) is 24.0 Å². The van der Waals surface area contributed by atoms with Crippen LogP contribution in [-0.2, 0) is 21.3 Å². The number of halogens is 2. The van der Waals surface area contributed by atoms with Gasteiger partial charge in [-0.25, -0.2) is 12.8 Å². The molecule has 1 aromatic rings. The predicted molar refractivity (Wildman–Crippen MR) is 120 cm³/mol. The fourth-order valence-electron chi connectivity index (χ4n) is 2.81. The third kappa shape index (κ3) is 7.80. The number of nitrogens with zero attached hydrogens (tertiary/aromatic N) is 3. The summed E-state index contributed by atoms with van der Waals surface area (Å²) in [5, 5.41) is 3.24. The van der Waals surface area contributed by atoms with E-state index in [0.717, 1.165) is 5.56 Å². The number of sulfonamides is 1. The molecule has 0 aromatic heterocycles. The highest BCUT2D eigenvalue weighted by Gasteiger charge is 2.27. The average Bonchev–Trinajstić information content (AvgIpc) is 2.63. The lowest BCUT2D eigenvalue weighted by Gasteiger charge is -2.35. The van der Waals surface area contributed by atoms with Crippen molar-refractivity contribution in [1.82, 2.24) is 14.5 Å². The third-order valence-electron chi connectivity index (χ3n) is 4.30. The Morgan fingerprint density at radius 1 is 1.21 bits per heavy atom. The SMILES string of the molecule is CN=C(NCc1ccc(F)cc1)N1CCN(S(=O)(=O)CCOC(C)C)CC1.I. The number of piperazine rings is 1. The van der Waals surface area contributed by atoms with E-state index in [2.05, 4.69) is 10.3 Å². The Bertz CT molecular complexity index is 721. The molecule has 160 valence electrons. The van der Waals surface area contributed by atoms with Crippen LogP contribution in [0.3, 0.4) is 0 Å². The van der Waals surface area contributed by atoms with Gasteiger partial charge in [0.05, 0.1) is 18.5 Å². The molecular formula is C18H30FIN4O3S. The van der Waals surface area contributed by atoms with Gasteiger partial charge < -0.3 is 15.0 Å². The summed E-state index contributed by atoms with van der Waals surface area (Å²) in [6, 6.07) is 6.29. The lowest BCUT2D eigenvalue weighted by atomic mass is 10.2. The molecule has 1 aliphatic heterocycles. The number of ether oxygens (including phenoxy) is 1. The van der Waals surface area contributed by atoms with Crippen molar-refractivity contribution >= 4 is 40.0 Å². The Morgan fingerprint density at radius 2 is 1.82 bits per heavy atom. The average molecular weight is 528 g/mol. The van der Waals surface area contributed by atoms with E-state index in [1.54, 1.807) is 19.2 Å². The third-order valence-corrected chi connectivity index (χ3v) is 6.13. The summed E-state index contributed by atoms with van der Waals surface area (Å²) in [5.41, 5.74) is 0.948. The molecule has 0 saturated carbocycles. The van der Waals surface area contributed by atoms with E-state index in [1.165, 1.54) is 16.4 Å². The van der Waals surface area contributed by atoms with E-state index in [-0.39, 0.29) is 48.3 Å². The van der Waals surface area contributed by atoms with Crippen molar-refractivity contribution in [3.8, 4) is 0 Å². The fraction of sp³-hybridized carbons (Fsp3) is 0.611. The molecule has 2 rings (SSSR count). The number of nitrogens with one attached hydrogen (secondary N) is 1. The number of guanidine groups is 1. The van der Waals surface area contributed by atoms with E-state index in [9.17, 15) is 12.8 Å². The first-order valence-electron chi connectivity index (χ1n) is 9.11. The maximum absolute atomic E-state index is 13.0. The van der Waals surface area contributed by atoms with Crippen LogP contribution in [0, 0.1) is 5.82 Å². The van der Waals surface area contributed by atoms with Gasteiger partial charge >= 0.3 is 0 Å². The lowest BCUT2D eigenvalue weighted by Crippen LogP contribution is -2.54. The molecular weight excluding hydrogens is 498 g/mol. The van der Waals surface area contributed by atoms with E-state index in [1.807, 2.05) is 18.7 Å². The fourth-order valence-corrected chi connectivity index (χ4v) is 4.10. The first kappa shape index (κ1) is 25.1. The van der Waals surface area contributed by atoms with Crippen LogP contribution in [0.4, 0.5) is 4.39 Å². The Labute approximate surface area is 184 Å². The van der Waals surface area contributed by atoms with Gasteiger partial charge in [0.25, 0.3) is 0 Å². The van der Waals surface area contributed by atoms with E-state index >= 15 is 0 Å². The van der Waals surface area contributed by atoms with Gasteiger partial charge in [-0.1, -0.05) is 12.1 Å². The molecule has 1 aliphatic rings. The smallest absolute Gasteiger partial charge is 0.216 e. The van der Waals surface area contributed by atoms with Crippen LogP contribution in [0.15, 0.2) is 29.3 Å². The molecule has 1 fully saturated rings. The molecule has 1 N–H and O–H groups in total. The topological polar surface area (TPSA) is 74.2 Å². The lowest BCUT2D eigenvalue weighted by molar-refractivity contribution is 0.0904. The molecule has 0 bridgehead atoms. The minimum absolute atomic E-state index is 0. The van der Waals surface area contributed by atoms with Crippen molar-refractivity contribution in [3.05, 3.63) is 35.6 Å². The van der Waals surface area contributed by atoms with Crippen molar-refractivity contribution < 1.29 is 17.5 Å². The van der Waals surface area contributed by atoms with Crippen LogP contribution in [0.1, 0.15) is 19.4 Å². The van der Waals surface area contributed by atoms with Crippen LogP contribution in [0.2, 0.25) is 0 Å². The largest absolute Gasteiger partial charge is 0.378 e. The zero-order valence-corrected chi connectivity index (χ0v) is 19.7. The Balaban J connectivity index is 0.00000392. The second kappa shape index (κ2) is 11.9. The first-order valence-corrected chi connectivity index (χ1v) is 10.7. The highest BCUT2D eigenvalue weighted by atomic mass is 127. The monoisotopic (exact) mass is 528 g/mol. The molecule has 0 unspecified atom stereocenters. The van der Waals surface area contributed by atoms with E-state index < -0.39 is 10.0 Å². The highest BCUT2D eigenvalue weighted by molar-refractivity contribution is 14.0. The van der Waals surface area contributed by atoms with E-state index in [0.29, 0.717) is 38.7 Å². The maximum atomic E-state index is 13.0. The normalized spacial score (nSPS) is 16.2. The number of hydrogen-bond donors (Lipinski definition) is 1. The standard InChI is InChI=1S/C18H29FN4O3S.HI/c1-15(2)26-12-13-27(24,25)23-10-8-22(9-11-23)18(20-3)21-14-16-4-6-17(19)7-5-16;/h4-7,15H,8-14H2,1-3H3,(H,20,21);1H. The molecule has 28 heavy (non-hydrogen) atoms. The Hall–Kier alpha value is -0.980. The van der Waals surface area contributed by atoms with E-state index in [4.69, 9.17) is 4.74 Å². The van der Waals surface area contributed by atoms with Crippen LogP contribution in [0.25, 0.3) is 0 Å². The quantitative estimate of drug-likeness (QED) is 0.333. The molecule has 1 aromatic carbocycles. The Kier molecular flexibility index (Phi) is 10.6. The highest BCUT2D eigenvalue weighted by Crippen LogP contribution is 2.09. The van der Waals surface area contributed by atoms with Gasteiger partial charge in [-0.2, -0.15) is 4.31 Å². The van der Waals surface area contributed by atoms with Gasteiger partial charge in [-0.3, -0.25) is 4.99 Å². The molecule has 7 nitrogen and oxygen atoms in total. The van der Waals surface area contributed by atoms with Crippen molar-refractivity contribution in [1.29, 1.82) is 0 Å². The summed E-state index contributed by atoms with van der Waals surface area (Å²) in [6.07, 6.45) is 0.0209. The minimum atomic E-state index is -3.31. The van der Waals surface area contributed by atoms with Crippen LogP contribution >= 0.6 is 24.0 Å². The predicted octanol–water partition coefficient (Wildman–Crippen LogP) is 1.89. The van der Waals surface area contributed by atoms with Crippen molar-refractivity contribution in [2.24, 2.45) is 4.99 Å². The summed E-state index contributed by atoms with van der Waals surface area (Å²) < 4.78 is 44.7. The zero-order valence-electron chi connectivity index (χ0n) is 16.6. The van der Waals surface area contributed by atoms with Crippen LogP contribution < -0.4 is 5.32 Å². The summed E-state index contributed by atoms with van der Waals surface area (Å²) in [4.78, 5) is 6.30. The van der Waals surface area contributed by atoms with Crippen LogP contribution in [0.5, 0.6) is 0 Å². The molecule has 10 heteroatoms. The summed E-state index contributed by atoms with van der Waals surface area (Å²) in [7, 11) is -1.61. The summed E-state index contributed by atoms with van der Waals surface area (Å²) in [5.74, 6) is 0.446. The second-order valence-electron chi connectivity index (χ2n) is 6.65. The van der Waals surface area contributed by atoms with Gasteiger partial charge in [0.1, 0.15) is 5.82 Å². The zero-order chi connectivity index (χ0) is 19.9. The molecule has 1 saturated heterocycles. The van der Waals surface area contributed by atoms with Crippen molar-refractivity contribution in [3.63, 3.8) is 0 Å². The number of aliphatic imine (C=N–C) groups is 1. The second-order valence-corrected chi connectivity index (χ2v) is 8.74. The molecule has 0 radical (unpaired) electrons. The van der Waals surface area contributed by atoms with Gasteiger partial charge in [-0.05, 0) is 31.5 Å². The first-order chi connectivity index (χ1) is 12.8. The Morgan fingerprint density at radius 3 is 2.36 bits per heavy atom. The number of rotatable bonds is 7. The van der Waals surface area contributed by atoms with Gasteiger partial charge in [0.15, 0.2) is 5.96 Å². The molecule has 0 atom stereocenters. The van der Waals surface area contributed by atoms with Crippen molar-refractivity contribution in [2.75, 3.05) is 45.6 Å². The maximum Gasteiger partial charge on any atom is 0.216 e. The summed E-state index contributed by atoms with van der Waals surface area (Å²) in [6.45, 7) is 6.47. The number of hydrogen-bond acceptors (Lipinski definition) is 4. The molecule has 0 aliphatic carbocycles. The minimum Gasteiger partial charge on any atom is -0.378 e. The van der Waals surface area contributed by atoms with Crippen LogP contribution in [-0.4, -0.2) is 75.3 Å². The molecule has 1 heterocycles. The molecule has 0 spiro atoms. The summed E-state index contributed by atoms with van der Waals surface area (Å²) >= 11 is 0. The van der Waals surface area contributed by atoms with Gasteiger partial charge in [0, 0.05) is 39.8 Å². The number of benzene rings is 1. The molecule has 0 amide bonds. The van der Waals surface area contributed by atoms with Gasteiger partial charge in [0.2, 0.25) is 10.0 Å².